The third-order valence-corrected chi connectivity index (χ3v) is 3.40. The Labute approximate surface area is 112 Å². The first-order valence-corrected chi connectivity index (χ1v) is 6.24. The van der Waals surface area contributed by atoms with Gasteiger partial charge in [0, 0.05) is 16.5 Å². The molecule has 0 saturated carbocycles. The third kappa shape index (κ3) is 2.76. The lowest BCUT2D eigenvalue weighted by Crippen LogP contribution is -2.06. The molecule has 2 aromatic carbocycles. The summed E-state index contributed by atoms with van der Waals surface area (Å²) >= 11 is 3.19. The summed E-state index contributed by atoms with van der Waals surface area (Å²) in [5.74, 6) is -0.905. The van der Waals surface area contributed by atoms with E-state index in [0.717, 1.165) is 0 Å². The maximum Gasteiger partial charge on any atom is 0.130 e. The Kier molecular flexibility index (Phi) is 4.09. The molecule has 2 aromatic rings. The fraction of sp³-hybridized carbons (Fsp3) is 0.143. The Balaban J connectivity index is 2.28. The topological polar surface area (TPSA) is 20.2 Å². The maximum absolute atomic E-state index is 13.6. The number of aliphatic hydroxyl groups excluding tert-OH is 1. The van der Waals surface area contributed by atoms with Crippen molar-refractivity contribution in [2.45, 2.75) is 12.5 Å². The van der Waals surface area contributed by atoms with Crippen LogP contribution in [0.5, 0.6) is 0 Å². The summed E-state index contributed by atoms with van der Waals surface area (Å²) in [6.07, 6.45) is -1.05. The highest BCUT2D eigenvalue weighted by molar-refractivity contribution is 9.10. The van der Waals surface area contributed by atoms with E-state index >= 15 is 0 Å². The highest BCUT2D eigenvalue weighted by atomic mass is 79.9. The maximum atomic E-state index is 13.6. The van der Waals surface area contributed by atoms with Gasteiger partial charge in [0.15, 0.2) is 0 Å². The molecule has 94 valence electrons. The van der Waals surface area contributed by atoms with Crippen LogP contribution in [0.4, 0.5) is 8.78 Å². The van der Waals surface area contributed by atoms with Crippen molar-refractivity contribution in [3.05, 3.63) is 69.7 Å². The van der Waals surface area contributed by atoms with Crippen LogP contribution in [0.1, 0.15) is 17.2 Å². The van der Waals surface area contributed by atoms with Gasteiger partial charge in [0.2, 0.25) is 0 Å². The molecule has 4 heteroatoms. The molecule has 1 unspecified atom stereocenters. The van der Waals surface area contributed by atoms with Gasteiger partial charge in [-0.05, 0) is 23.8 Å². The van der Waals surface area contributed by atoms with Crippen molar-refractivity contribution < 1.29 is 13.9 Å². The lowest BCUT2D eigenvalue weighted by molar-refractivity contribution is 0.171. The highest BCUT2D eigenvalue weighted by Gasteiger charge is 2.17. The van der Waals surface area contributed by atoms with Crippen LogP contribution in [0.25, 0.3) is 0 Å². The molecule has 0 aliphatic carbocycles. The molecule has 18 heavy (non-hydrogen) atoms. The van der Waals surface area contributed by atoms with Crippen molar-refractivity contribution >= 4 is 15.9 Å². The number of hydrogen-bond acceptors (Lipinski definition) is 1. The van der Waals surface area contributed by atoms with E-state index in [-0.39, 0.29) is 12.0 Å². The summed E-state index contributed by atoms with van der Waals surface area (Å²) in [6, 6.07) is 10.6. The van der Waals surface area contributed by atoms with E-state index < -0.39 is 17.7 Å². The van der Waals surface area contributed by atoms with E-state index in [2.05, 4.69) is 15.9 Å². The molecular weight excluding hydrogens is 302 g/mol. The highest BCUT2D eigenvalue weighted by Crippen LogP contribution is 2.29. The number of hydrogen-bond donors (Lipinski definition) is 1. The van der Waals surface area contributed by atoms with Crippen LogP contribution >= 0.6 is 15.9 Å². The molecule has 0 radical (unpaired) electrons. The lowest BCUT2D eigenvalue weighted by Gasteiger charge is -2.14. The first-order valence-electron chi connectivity index (χ1n) is 5.45. The van der Waals surface area contributed by atoms with Gasteiger partial charge < -0.3 is 5.11 Å². The Morgan fingerprint density at radius 3 is 2.33 bits per heavy atom. The Morgan fingerprint density at radius 2 is 1.67 bits per heavy atom. The van der Waals surface area contributed by atoms with Gasteiger partial charge in [0.25, 0.3) is 0 Å². The first-order chi connectivity index (χ1) is 8.59. The molecule has 1 nitrogen and oxygen atoms in total. The van der Waals surface area contributed by atoms with E-state index in [1.54, 1.807) is 30.3 Å². The standard InChI is InChI=1S/C14H11BrF2O/c15-10-5-3-7-12(17)14(10)13(18)8-9-4-1-2-6-11(9)16/h1-7,13,18H,8H2. The molecule has 0 aliphatic rings. The number of benzene rings is 2. The van der Waals surface area contributed by atoms with Crippen LogP contribution in [-0.4, -0.2) is 5.11 Å². The van der Waals surface area contributed by atoms with Crippen molar-refractivity contribution in [1.82, 2.24) is 0 Å². The minimum atomic E-state index is -1.09. The van der Waals surface area contributed by atoms with Crippen LogP contribution in [-0.2, 0) is 6.42 Å². The van der Waals surface area contributed by atoms with Gasteiger partial charge >= 0.3 is 0 Å². The molecule has 2 rings (SSSR count). The van der Waals surface area contributed by atoms with E-state index in [1.807, 2.05) is 0 Å². The van der Waals surface area contributed by atoms with Crippen LogP contribution in [0, 0.1) is 11.6 Å². The van der Waals surface area contributed by atoms with Crippen molar-refractivity contribution in [2.24, 2.45) is 0 Å². The number of aliphatic hydroxyl groups is 1. The predicted molar refractivity (Wildman–Crippen MR) is 69.2 cm³/mol. The van der Waals surface area contributed by atoms with Gasteiger partial charge in [-0.3, -0.25) is 0 Å². The van der Waals surface area contributed by atoms with Gasteiger partial charge in [-0.2, -0.15) is 0 Å². The van der Waals surface area contributed by atoms with Crippen LogP contribution < -0.4 is 0 Å². The molecule has 0 amide bonds. The summed E-state index contributed by atoms with van der Waals surface area (Å²) in [6.45, 7) is 0. The smallest absolute Gasteiger partial charge is 0.130 e. The summed E-state index contributed by atoms with van der Waals surface area (Å²) in [5, 5.41) is 10.0. The fourth-order valence-corrected chi connectivity index (χ4v) is 2.41. The molecule has 0 spiro atoms. The zero-order valence-electron chi connectivity index (χ0n) is 9.41. The average Bonchev–Trinajstić information content (AvgIpc) is 2.32. The van der Waals surface area contributed by atoms with E-state index in [0.29, 0.717) is 10.0 Å². The van der Waals surface area contributed by atoms with Gasteiger partial charge in [-0.15, -0.1) is 0 Å². The van der Waals surface area contributed by atoms with E-state index in [9.17, 15) is 13.9 Å². The average molecular weight is 313 g/mol. The fourth-order valence-electron chi connectivity index (χ4n) is 1.80. The summed E-state index contributed by atoms with van der Waals surface area (Å²) in [4.78, 5) is 0. The van der Waals surface area contributed by atoms with Gasteiger partial charge in [-0.25, -0.2) is 8.78 Å². The van der Waals surface area contributed by atoms with Crippen molar-refractivity contribution in [3.63, 3.8) is 0 Å². The van der Waals surface area contributed by atoms with Gasteiger partial charge in [-0.1, -0.05) is 40.2 Å². The quantitative estimate of drug-likeness (QED) is 0.908. The van der Waals surface area contributed by atoms with Crippen LogP contribution in [0.3, 0.4) is 0 Å². The lowest BCUT2D eigenvalue weighted by atomic mass is 10.0. The van der Waals surface area contributed by atoms with Crippen molar-refractivity contribution in [1.29, 1.82) is 0 Å². The predicted octanol–water partition coefficient (Wildman–Crippen LogP) is 4.00. The zero-order valence-corrected chi connectivity index (χ0v) is 11.0. The number of rotatable bonds is 3. The summed E-state index contributed by atoms with van der Waals surface area (Å²) in [7, 11) is 0. The van der Waals surface area contributed by atoms with Crippen molar-refractivity contribution in [3.8, 4) is 0 Å². The molecule has 0 fully saturated rings. The van der Waals surface area contributed by atoms with E-state index in [1.165, 1.54) is 12.1 Å². The molecule has 0 aromatic heterocycles. The molecule has 1 N–H and O–H groups in total. The Hall–Kier alpha value is -1.26. The Bertz CT molecular complexity index is 537. The van der Waals surface area contributed by atoms with E-state index in [4.69, 9.17) is 0 Å². The summed E-state index contributed by atoms with van der Waals surface area (Å²) < 4.78 is 27.5. The third-order valence-electron chi connectivity index (χ3n) is 2.70. The van der Waals surface area contributed by atoms with Gasteiger partial charge in [0.05, 0.1) is 6.10 Å². The first kappa shape index (κ1) is 13.2. The normalized spacial score (nSPS) is 12.4. The second-order valence-electron chi connectivity index (χ2n) is 3.95. The van der Waals surface area contributed by atoms with Crippen LogP contribution in [0.2, 0.25) is 0 Å². The number of halogens is 3. The second-order valence-corrected chi connectivity index (χ2v) is 4.80. The summed E-state index contributed by atoms with van der Waals surface area (Å²) in [5.41, 5.74) is 0.515. The molecule has 0 saturated heterocycles. The molecular formula is C14H11BrF2O. The minimum absolute atomic E-state index is 0.0339. The molecule has 1 atom stereocenters. The Morgan fingerprint density at radius 1 is 1.00 bits per heavy atom. The van der Waals surface area contributed by atoms with Gasteiger partial charge in [0.1, 0.15) is 11.6 Å². The molecule has 0 aliphatic heterocycles. The van der Waals surface area contributed by atoms with Crippen LogP contribution in [0.15, 0.2) is 46.9 Å². The molecule has 0 bridgehead atoms. The SMILES string of the molecule is OC(Cc1ccccc1F)c1c(F)cccc1Br. The zero-order chi connectivity index (χ0) is 13.1. The second kappa shape index (κ2) is 5.59. The molecule has 0 heterocycles. The monoisotopic (exact) mass is 312 g/mol. The van der Waals surface area contributed by atoms with Crippen molar-refractivity contribution in [2.75, 3.05) is 0 Å². The minimum Gasteiger partial charge on any atom is -0.388 e. The largest absolute Gasteiger partial charge is 0.388 e.